The molecule has 51 heavy (non-hydrogen) atoms. The number of piperazine rings is 1. The van der Waals surface area contributed by atoms with Crippen LogP contribution in [0.1, 0.15) is 134 Å². The van der Waals surface area contributed by atoms with Gasteiger partial charge in [-0.15, -0.1) is 0 Å². The van der Waals surface area contributed by atoms with Crippen molar-refractivity contribution in [1.82, 2.24) is 9.27 Å². The van der Waals surface area contributed by atoms with Gasteiger partial charge in [0.25, 0.3) is 0 Å². The highest BCUT2D eigenvalue weighted by atomic mass is 35.5. The summed E-state index contributed by atoms with van der Waals surface area (Å²) < 4.78 is 11.5. The van der Waals surface area contributed by atoms with Crippen LogP contribution in [-0.4, -0.2) is 60.6 Å². The minimum atomic E-state index is -0.233. The second-order valence-corrected chi connectivity index (χ2v) is 15.9. The Kier molecular flexibility index (Phi) is 16.9. The Bertz CT molecular complexity index is 1500. The van der Waals surface area contributed by atoms with Crippen molar-refractivity contribution in [2.75, 3.05) is 49.3 Å². The number of aromatic nitrogens is 1. The molecule has 2 aliphatic heterocycles. The maximum Gasteiger partial charge on any atom is 0.307 e. The molecule has 280 valence electrons. The summed E-state index contributed by atoms with van der Waals surface area (Å²) in [6.45, 7) is 7.01. The summed E-state index contributed by atoms with van der Waals surface area (Å²) in [5.74, 6) is 0.824. The predicted molar refractivity (Wildman–Crippen MR) is 214 cm³/mol. The first kappa shape index (κ1) is 39.5. The molecule has 0 atom stereocenters. The van der Waals surface area contributed by atoms with Crippen molar-refractivity contribution in [2.24, 2.45) is 0 Å². The molecule has 0 spiro atoms. The summed E-state index contributed by atoms with van der Waals surface area (Å²) >= 11 is 8.32. The number of ether oxygens (including phenoxy) is 1. The first-order valence-electron chi connectivity index (χ1n) is 20.1. The van der Waals surface area contributed by atoms with E-state index in [2.05, 4.69) is 47.1 Å². The van der Waals surface area contributed by atoms with Crippen LogP contribution in [0.2, 0.25) is 5.02 Å². The molecule has 0 radical (unpaired) electrons. The Morgan fingerprint density at radius 2 is 1.43 bits per heavy atom. The summed E-state index contributed by atoms with van der Waals surface area (Å²) in [7, 11) is 0. The molecule has 0 N–H and O–H groups in total. The van der Waals surface area contributed by atoms with Crippen molar-refractivity contribution in [3.8, 4) is 0 Å². The van der Waals surface area contributed by atoms with Gasteiger partial charge in [-0.2, -0.15) is 4.37 Å². The minimum absolute atomic E-state index is 0.0438. The number of amides is 1. The number of benzene rings is 2. The fourth-order valence-electron chi connectivity index (χ4n) is 7.54. The van der Waals surface area contributed by atoms with Crippen molar-refractivity contribution >= 4 is 56.6 Å². The summed E-state index contributed by atoms with van der Waals surface area (Å²) in [4.78, 5) is 31.8. The molecule has 2 aliphatic rings. The van der Waals surface area contributed by atoms with Crippen LogP contribution in [-0.2, 0) is 27.2 Å². The van der Waals surface area contributed by atoms with E-state index in [4.69, 9.17) is 20.7 Å². The number of unbranched alkanes of at least 4 members (excludes halogenated alkanes) is 16. The number of carbonyl (C=O) groups is 2. The predicted octanol–water partition coefficient (Wildman–Crippen LogP) is 10.7. The molecule has 3 aromatic rings. The molecule has 1 fully saturated rings. The van der Waals surface area contributed by atoms with Crippen molar-refractivity contribution in [3.05, 3.63) is 52.5 Å². The number of hydrogen-bond donors (Lipinski definition) is 0. The molecular weight excluding hydrogens is 676 g/mol. The van der Waals surface area contributed by atoms with E-state index < -0.39 is 0 Å². The van der Waals surface area contributed by atoms with Gasteiger partial charge in [-0.1, -0.05) is 139 Å². The second-order valence-electron chi connectivity index (χ2n) is 14.7. The first-order valence-corrected chi connectivity index (χ1v) is 21.3. The molecule has 1 aromatic heterocycles. The zero-order valence-corrected chi connectivity index (χ0v) is 32.7. The summed E-state index contributed by atoms with van der Waals surface area (Å²) in [6, 6.07) is 12.4. The molecule has 0 unspecified atom stereocenters. The number of hydrogen-bond acceptors (Lipinski definition) is 7. The van der Waals surface area contributed by atoms with E-state index in [-0.39, 0.29) is 18.6 Å². The number of nitrogens with zero attached hydrogens (tertiary/aromatic N) is 4. The van der Waals surface area contributed by atoms with Gasteiger partial charge in [-0.3, -0.25) is 19.4 Å². The number of carbonyl (C=O) groups excluding carboxylic acids is 2. The van der Waals surface area contributed by atoms with Gasteiger partial charge in [0.1, 0.15) is 5.82 Å². The van der Waals surface area contributed by atoms with Gasteiger partial charge in [0, 0.05) is 49.6 Å². The smallest absolute Gasteiger partial charge is 0.307 e. The van der Waals surface area contributed by atoms with Gasteiger partial charge in [-0.05, 0) is 53.7 Å². The lowest BCUT2D eigenvalue weighted by atomic mass is 10.0. The molecule has 1 amide bonds. The van der Waals surface area contributed by atoms with Gasteiger partial charge in [0.05, 0.1) is 16.8 Å². The quantitative estimate of drug-likeness (QED) is 0.0674. The molecule has 5 rings (SSSR count). The van der Waals surface area contributed by atoms with Crippen molar-refractivity contribution in [3.63, 3.8) is 0 Å². The molecule has 0 aliphatic carbocycles. The average Bonchev–Trinajstić information content (AvgIpc) is 3.71. The normalized spacial score (nSPS) is 14.9. The second kappa shape index (κ2) is 21.8. The Hall–Kier alpha value is -2.68. The molecular formula is C42H61ClN4O3S. The van der Waals surface area contributed by atoms with Gasteiger partial charge in [0.15, 0.2) is 6.73 Å². The van der Waals surface area contributed by atoms with E-state index in [0.717, 1.165) is 74.6 Å². The largest absolute Gasteiger partial charge is 0.444 e. The Labute approximate surface area is 316 Å². The van der Waals surface area contributed by atoms with Crippen molar-refractivity contribution in [1.29, 1.82) is 0 Å². The monoisotopic (exact) mass is 736 g/mol. The summed E-state index contributed by atoms with van der Waals surface area (Å²) in [5.41, 5.74) is 2.79. The van der Waals surface area contributed by atoms with Crippen molar-refractivity contribution in [2.45, 2.75) is 135 Å². The SMILES string of the molecule is CCCCCCCCCCCCCCCCCCCC(=O)OCN1C(=O)Cc2cc(CCN3CCN(c4nsc5ccccc45)CC3)c(Cl)cc21. The maximum absolute atomic E-state index is 12.9. The van der Waals surface area contributed by atoms with Gasteiger partial charge in [-0.25, -0.2) is 0 Å². The van der Waals surface area contributed by atoms with E-state index in [1.807, 2.05) is 6.07 Å². The molecule has 9 heteroatoms. The Balaban J connectivity index is 0.905. The number of fused-ring (bicyclic) bond motifs is 2. The maximum atomic E-state index is 12.9. The van der Waals surface area contributed by atoms with Gasteiger partial charge < -0.3 is 9.64 Å². The van der Waals surface area contributed by atoms with Crippen LogP contribution in [0, 0.1) is 0 Å². The highest BCUT2D eigenvalue weighted by Gasteiger charge is 2.29. The Morgan fingerprint density at radius 1 is 0.824 bits per heavy atom. The highest BCUT2D eigenvalue weighted by molar-refractivity contribution is 7.13. The molecule has 2 aromatic carbocycles. The number of anilines is 2. The Morgan fingerprint density at radius 3 is 2.08 bits per heavy atom. The molecule has 3 heterocycles. The van der Waals surface area contributed by atoms with Gasteiger partial charge in [0.2, 0.25) is 5.91 Å². The van der Waals surface area contributed by atoms with Crippen LogP contribution >= 0.6 is 23.1 Å². The lowest BCUT2D eigenvalue weighted by Crippen LogP contribution is -2.47. The number of rotatable bonds is 24. The van der Waals surface area contributed by atoms with E-state index in [9.17, 15) is 9.59 Å². The van der Waals surface area contributed by atoms with E-state index in [0.29, 0.717) is 17.9 Å². The fourth-order valence-corrected chi connectivity index (χ4v) is 8.59. The van der Waals surface area contributed by atoms with Gasteiger partial charge >= 0.3 is 5.97 Å². The summed E-state index contributed by atoms with van der Waals surface area (Å²) in [6.07, 6.45) is 23.9. The lowest BCUT2D eigenvalue weighted by molar-refractivity contribution is -0.144. The zero-order valence-electron chi connectivity index (χ0n) is 31.1. The first-order chi connectivity index (χ1) is 25.0. The topological polar surface area (TPSA) is 66.0 Å². The molecule has 7 nitrogen and oxygen atoms in total. The third-order valence-corrected chi connectivity index (χ3v) is 11.9. The van der Waals surface area contributed by atoms with Crippen molar-refractivity contribution < 1.29 is 14.3 Å². The number of halogens is 1. The van der Waals surface area contributed by atoms with Crippen LogP contribution in [0.3, 0.4) is 0 Å². The number of esters is 1. The van der Waals surface area contributed by atoms with Crippen LogP contribution in [0.25, 0.3) is 10.1 Å². The standard InChI is InChI=1S/C42H61ClN4O3S/c1-2-3-4-5-6-7-8-9-10-11-12-13-14-15-16-17-18-23-41(49)50-33-47-38-32-37(43)34(30-35(38)31-40(47)48)24-25-45-26-28-46(29-27-45)42-36-21-19-20-22-39(36)51-44-42/h19-22,30,32H,2-18,23-29,31,33H2,1H3. The van der Waals surface area contributed by atoms with E-state index >= 15 is 0 Å². The minimum Gasteiger partial charge on any atom is -0.444 e. The summed E-state index contributed by atoms with van der Waals surface area (Å²) in [5, 5.41) is 1.90. The van der Waals surface area contributed by atoms with Crippen LogP contribution < -0.4 is 9.80 Å². The van der Waals surface area contributed by atoms with Crippen LogP contribution in [0.4, 0.5) is 11.5 Å². The van der Waals surface area contributed by atoms with E-state index in [1.54, 1.807) is 16.4 Å². The lowest BCUT2D eigenvalue weighted by Gasteiger charge is -2.35. The molecule has 0 bridgehead atoms. The zero-order chi connectivity index (χ0) is 35.7. The van der Waals surface area contributed by atoms with E-state index in [1.165, 1.54) is 106 Å². The van der Waals surface area contributed by atoms with Crippen LogP contribution in [0.5, 0.6) is 0 Å². The van der Waals surface area contributed by atoms with Crippen LogP contribution in [0.15, 0.2) is 36.4 Å². The average molecular weight is 737 g/mol. The molecule has 1 saturated heterocycles. The molecule has 0 saturated carbocycles. The third-order valence-electron chi connectivity index (χ3n) is 10.7. The highest BCUT2D eigenvalue weighted by Crippen LogP contribution is 2.35. The fraction of sp³-hybridized carbons (Fsp3) is 0.643. The third kappa shape index (κ3) is 12.5.